The van der Waals surface area contributed by atoms with Crippen molar-refractivity contribution in [1.82, 2.24) is 4.98 Å². The van der Waals surface area contributed by atoms with E-state index in [9.17, 15) is 4.79 Å². The van der Waals surface area contributed by atoms with E-state index in [0.717, 1.165) is 21.0 Å². The summed E-state index contributed by atoms with van der Waals surface area (Å²) in [5.74, 6) is -0.213. The number of aromatic nitrogens is 1. The minimum atomic E-state index is -0.213. The number of carbonyl (C=O) groups is 1. The van der Waals surface area contributed by atoms with Crippen LogP contribution in [0.3, 0.4) is 0 Å². The lowest BCUT2D eigenvalue weighted by molar-refractivity contribution is -0.140. The first-order valence-electron chi connectivity index (χ1n) is 5.71. The van der Waals surface area contributed by atoms with Crippen LogP contribution in [0.25, 0.3) is 0 Å². The summed E-state index contributed by atoms with van der Waals surface area (Å²) in [4.78, 5) is 15.5. The number of esters is 1. The number of anilines is 2. The molecule has 0 fully saturated rings. The van der Waals surface area contributed by atoms with Gasteiger partial charge in [0.05, 0.1) is 19.2 Å². The molecular formula is C13H13BrN2O2S. The van der Waals surface area contributed by atoms with Crippen molar-refractivity contribution >= 4 is 44.1 Å². The number of nitrogens with one attached hydrogen (secondary N) is 1. The summed E-state index contributed by atoms with van der Waals surface area (Å²) in [6.07, 6.45) is 0.958. The summed E-state index contributed by atoms with van der Waals surface area (Å²) in [7, 11) is 1.39. The van der Waals surface area contributed by atoms with Gasteiger partial charge in [-0.25, -0.2) is 4.98 Å². The maximum atomic E-state index is 11.1. The monoisotopic (exact) mass is 340 g/mol. The highest BCUT2D eigenvalue weighted by Gasteiger charge is 2.06. The summed E-state index contributed by atoms with van der Waals surface area (Å²) in [5, 5.41) is 5.99. The molecule has 0 bridgehead atoms. The molecular weight excluding hydrogens is 328 g/mol. The molecule has 19 heavy (non-hydrogen) atoms. The highest BCUT2D eigenvalue weighted by molar-refractivity contribution is 9.10. The molecule has 1 aromatic heterocycles. The van der Waals surface area contributed by atoms with Gasteiger partial charge in [0.2, 0.25) is 0 Å². The number of carbonyl (C=O) groups excluding carboxylic acids is 1. The van der Waals surface area contributed by atoms with E-state index in [1.54, 1.807) is 0 Å². The van der Waals surface area contributed by atoms with Gasteiger partial charge in [-0.1, -0.05) is 22.0 Å². The van der Waals surface area contributed by atoms with Crippen LogP contribution in [0.4, 0.5) is 10.8 Å². The second kappa shape index (κ2) is 6.68. The van der Waals surface area contributed by atoms with Gasteiger partial charge in [0.25, 0.3) is 0 Å². The molecule has 1 heterocycles. The molecule has 100 valence electrons. The molecule has 1 N–H and O–H groups in total. The lowest BCUT2D eigenvalue weighted by Crippen LogP contribution is -2.02. The Labute approximate surface area is 124 Å². The van der Waals surface area contributed by atoms with Gasteiger partial charge in [0.1, 0.15) is 0 Å². The topological polar surface area (TPSA) is 51.2 Å². The van der Waals surface area contributed by atoms with Crippen molar-refractivity contribution in [2.45, 2.75) is 12.8 Å². The van der Waals surface area contributed by atoms with Gasteiger partial charge in [0, 0.05) is 22.0 Å². The number of rotatable bonds is 5. The van der Waals surface area contributed by atoms with Crippen LogP contribution in [0.2, 0.25) is 0 Å². The van der Waals surface area contributed by atoms with Crippen molar-refractivity contribution in [3.8, 4) is 0 Å². The Kier molecular flexibility index (Phi) is 4.93. The highest BCUT2D eigenvalue weighted by Crippen LogP contribution is 2.23. The predicted octanol–water partition coefficient (Wildman–Crippen LogP) is 3.75. The van der Waals surface area contributed by atoms with Gasteiger partial charge in [-0.2, -0.15) is 0 Å². The van der Waals surface area contributed by atoms with Gasteiger partial charge < -0.3 is 10.1 Å². The summed E-state index contributed by atoms with van der Waals surface area (Å²) in [5.41, 5.74) is 1.87. The van der Waals surface area contributed by atoms with Crippen LogP contribution in [-0.2, 0) is 16.0 Å². The largest absolute Gasteiger partial charge is 0.469 e. The molecule has 0 saturated heterocycles. The molecule has 0 aliphatic rings. The van der Waals surface area contributed by atoms with Crippen molar-refractivity contribution in [3.63, 3.8) is 0 Å². The third-order valence-electron chi connectivity index (χ3n) is 2.44. The number of hydrogen-bond acceptors (Lipinski definition) is 5. The maximum Gasteiger partial charge on any atom is 0.305 e. The van der Waals surface area contributed by atoms with E-state index in [2.05, 4.69) is 31.0 Å². The quantitative estimate of drug-likeness (QED) is 0.842. The second-order valence-corrected chi connectivity index (χ2v) is 5.63. The number of benzene rings is 1. The highest BCUT2D eigenvalue weighted by atomic mass is 79.9. The molecule has 0 amide bonds. The van der Waals surface area contributed by atoms with Crippen LogP contribution < -0.4 is 5.32 Å². The molecule has 4 nitrogen and oxygen atoms in total. The first-order chi connectivity index (χ1) is 9.17. The summed E-state index contributed by atoms with van der Waals surface area (Å²) < 4.78 is 5.62. The average Bonchev–Trinajstić information content (AvgIpc) is 2.83. The number of aryl methyl sites for hydroxylation is 1. The van der Waals surface area contributed by atoms with Crippen molar-refractivity contribution in [1.29, 1.82) is 0 Å². The van der Waals surface area contributed by atoms with Crippen molar-refractivity contribution in [3.05, 3.63) is 39.8 Å². The molecule has 1 aromatic carbocycles. The van der Waals surface area contributed by atoms with E-state index >= 15 is 0 Å². The Hall–Kier alpha value is -1.40. The fraction of sp³-hybridized carbons (Fsp3) is 0.231. The lowest BCUT2D eigenvalue weighted by Gasteiger charge is -2.02. The van der Waals surface area contributed by atoms with Crippen molar-refractivity contribution < 1.29 is 9.53 Å². The maximum absolute atomic E-state index is 11.1. The molecule has 6 heteroatoms. The normalized spacial score (nSPS) is 10.2. The van der Waals surface area contributed by atoms with E-state index in [4.69, 9.17) is 0 Å². The standard InChI is InChI=1S/C13H13BrN2O2S/c1-18-12(17)6-5-11-8-19-13(16-11)15-10-4-2-3-9(14)7-10/h2-4,7-8H,5-6H2,1H3,(H,15,16). The SMILES string of the molecule is COC(=O)CCc1csc(Nc2cccc(Br)c2)n1. The van der Waals surface area contributed by atoms with Gasteiger partial charge in [-0.3, -0.25) is 4.79 Å². The van der Waals surface area contributed by atoms with E-state index in [1.807, 2.05) is 29.6 Å². The number of halogens is 1. The van der Waals surface area contributed by atoms with Gasteiger partial charge >= 0.3 is 5.97 Å². The zero-order valence-electron chi connectivity index (χ0n) is 10.4. The molecule has 0 atom stereocenters. The Morgan fingerprint density at radius 2 is 2.37 bits per heavy atom. The van der Waals surface area contributed by atoms with Crippen LogP contribution in [0.5, 0.6) is 0 Å². The molecule has 0 unspecified atom stereocenters. The Morgan fingerprint density at radius 3 is 3.11 bits per heavy atom. The van der Waals surface area contributed by atoms with Crippen LogP contribution in [-0.4, -0.2) is 18.1 Å². The van der Waals surface area contributed by atoms with Gasteiger partial charge in [0.15, 0.2) is 5.13 Å². The number of hydrogen-bond donors (Lipinski definition) is 1. The summed E-state index contributed by atoms with van der Waals surface area (Å²) in [6, 6.07) is 7.88. The molecule has 0 aliphatic heterocycles. The first kappa shape index (κ1) is 14.0. The van der Waals surface area contributed by atoms with E-state index in [1.165, 1.54) is 18.4 Å². The van der Waals surface area contributed by atoms with Crippen LogP contribution in [0, 0.1) is 0 Å². The smallest absolute Gasteiger partial charge is 0.305 e. The van der Waals surface area contributed by atoms with Crippen LogP contribution in [0.15, 0.2) is 34.1 Å². The Bertz CT molecular complexity index is 571. The molecule has 0 radical (unpaired) electrons. The zero-order valence-corrected chi connectivity index (χ0v) is 12.8. The number of methoxy groups -OCH3 is 1. The molecule has 2 aromatic rings. The lowest BCUT2D eigenvalue weighted by atomic mass is 10.2. The van der Waals surface area contributed by atoms with Gasteiger partial charge in [-0.15, -0.1) is 11.3 Å². The predicted molar refractivity (Wildman–Crippen MR) is 79.9 cm³/mol. The first-order valence-corrected chi connectivity index (χ1v) is 7.38. The molecule has 0 saturated carbocycles. The molecule has 2 rings (SSSR count). The Balaban J connectivity index is 1.95. The second-order valence-electron chi connectivity index (χ2n) is 3.86. The van der Waals surface area contributed by atoms with E-state index in [0.29, 0.717) is 12.8 Å². The minimum absolute atomic E-state index is 0.213. The van der Waals surface area contributed by atoms with Gasteiger partial charge in [-0.05, 0) is 18.2 Å². The number of nitrogens with zero attached hydrogens (tertiary/aromatic N) is 1. The fourth-order valence-corrected chi connectivity index (χ4v) is 2.67. The molecule has 0 spiro atoms. The van der Waals surface area contributed by atoms with E-state index in [-0.39, 0.29) is 5.97 Å². The average molecular weight is 341 g/mol. The summed E-state index contributed by atoms with van der Waals surface area (Å²) >= 11 is 4.94. The zero-order chi connectivity index (χ0) is 13.7. The van der Waals surface area contributed by atoms with E-state index < -0.39 is 0 Å². The van der Waals surface area contributed by atoms with Crippen LogP contribution >= 0.6 is 27.3 Å². The fourth-order valence-electron chi connectivity index (χ4n) is 1.50. The third-order valence-corrected chi connectivity index (χ3v) is 3.74. The summed E-state index contributed by atoms with van der Waals surface area (Å²) in [6.45, 7) is 0. The van der Waals surface area contributed by atoms with Crippen LogP contribution in [0.1, 0.15) is 12.1 Å². The van der Waals surface area contributed by atoms with Crippen molar-refractivity contribution in [2.24, 2.45) is 0 Å². The van der Waals surface area contributed by atoms with Crippen molar-refractivity contribution in [2.75, 3.05) is 12.4 Å². The molecule has 0 aliphatic carbocycles. The number of thiazole rings is 1. The third kappa shape index (κ3) is 4.33. The minimum Gasteiger partial charge on any atom is -0.469 e. The Morgan fingerprint density at radius 1 is 1.53 bits per heavy atom. The number of ether oxygens (including phenoxy) is 1.